The molecule has 3 unspecified atom stereocenters. The van der Waals surface area contributed by atoms with Gasteiger partial charge in [0, 0.05) is 13.0 Å². The largest absolute Gasteiger partial charge is 0.480 e. The van der Waals surface area contributed by atoms with E-state index in [1.54, 1.807) is 0 Å². The molecule has 0 saturated heterocycles. The minimum atomic E-state index is -4.62. The first-order valence-corrected chi connectivity index (χ1v) is 21.7. The molecule has 0 heterocycles. The van der Waals surface area contributed by atoms with Gasteiger partial charge in [0.25, 0.3) is 0 Å². The lowest BCUT2D eigenvalue weighted by molar-refractivity contribution is -0.154. The Bertz CT molecular complexity index is 1010. The Hall–Kier alpha value is -2.07. The predicted octanol–water partition coefficient (Wildman–Crippen LogP) is 10.7. The Morgan fingerprint density at radius 3 is 1.63 bits per heavy atom. The maximum Gasteiger partial charge on any atom is 0.472 e. The van der Waals surface area contributed by atoms with Gasteiger partial charge in [-0.05, 0) is 70.6 Å². The van der Waals surface area contributed by atoms with Crippen LogP contribution in [0.15, 0.2) is 48.6 Å². The van der Waals surface area contributed by atoms with E-state index in [-0.39, 0.29) is 13.0 Å². The second-order valence-corrected chi connectivity index (χ2v) is 14.9. The van der Waals surface area contributed by atoms with Crippen LogP contribution in [0.5, 0.6) is 0 Å². The van der Waals surface area contributed by atoms with E-state index in [0.717, 1.165) is 77.0 Å². The normalized spacial score (nSPS) is 14.5. The number of carboxylic acids is 1. The first kappa shape index (κ1) is 49.9. The molecule has 0 aliphatic carbocycles. The van der Waals surface area contributed by atoms with Crippen LogP contribution in [0, 0.1) is 0 Å². The summed E-state index contributed by atoms with van der Waals surface area (Å²) in [5, 5.41) is 8.88. The number of esters is 1. The number of carbonyl (C=O) groups excluding carboxylic acids is 1. The van der Waals surface area contributed by atoms with Gasteiger partial charge in [-0.15, -0.1) is 0 Å². The number of phosphoric ester groups is 1. The van der Waals surface area contributed by atoms with Gasteiger partial charge in [0.05, 0.1) is 19.8 Å². The smallest absolute Gasteiger partial charge is 0.472 e. The van der Waals surface area contributed by atoms with Crippen LogP contribution in [0.25, 0.3) is 0 Å². The number of phosphoric acid groups is 1. The summed E-state index contributed by atoms with van der Waals surface area (Å²) < 4.78 is 33.2. The van der Waals surface area contributed by atoms with E-state index in [0.29, 0.717) is 13.0 Å². The average molecular weight is 756 g/mol. The number of allylic oxidation sites excluding steroid dienone is 8. The van der Waals surface area contributed by atoms with Crippen molar-refractivity contribution in [3.05, 3.63) is 48.6 Å². The van der Waals surface area contributed by atoms with Gasteiger partial charge in [0.15, 0.2) is 0 Å². The van der Waals surface area contributed by atoms with Crippen LogP contribution in [0.3, 0.4) is 0 Å². The van der Waals surface area contributed by atoms with Gasteiger partial charge < -0.3 is 25.2 Å². The molecule has 3 atom stereocenters. The standard InChI is InChI=1S/C41H74NO9P/c1-3-5-7-9-11-13-15-17-19-20-21-23-25-27-29-31-33-40(43)51-38(36-49-52(46,47)50-37-39(42)41(44)45)35-48-34-32-30-28-26-24-22-18-16-14-12-10-8-6-4-2/h8,10,13-16,19-20,38-39H,3-7,9,11-12,17-18,21-37,42H2,1-2H3,(H,44,45)(H,46,47)/b10-8-,15-13-,16-14-,20-19-. The molecule has 0 rings (SSSR count). The predicted molar refractivity (Wildman–Crippen MR) is 212 cm³/mol. The van der Waals surface area contributed by atoms with Crippen LogP contribution in [0.2, 0.25) is 0 Å². The van der Waals surface area contributed by atoms with Gasteiger partial charge in [0.1, 0.15) is 12.1 Å². The fraction of sp³-hybridized carbons (Fsp3) is 0.756. The molecular weight excluding hydrogens is 681 g/mol. The molecule has 0 spiro atoms. The minimum absolute atomic E-state index is 0.00259. The second kappa shape index (κ2) is 37.3. The number of rotatable bonds is 38. The van der Waals surface area contributed by atoms with Crippen LogP contribution in [-0.2, 0) is 32.7 Å². The van der Waals surface area contributed by atoms with E-state index in [2.05, 4.69) is 62.5 Å². The summed E-state index contributed by atoms with van der Waals surface area (Å²) in [4.78, 5) is 33.4. The maximum atomic E-state index is 12.6. The minimum Gasteiger partial charge on any atom is -0.480 e. The quantitative estimate of drug-likeness (QED) is 0.0240. The van der Waals surface area contributed by atoms with Crippen LogP contribution in [0.1, 0.15) is 162 Å². The number of carboxylic acid groups (broad SMARTS) is 1. The Morgan fingerprint density at radius 2 is 1.10 bits per heavy atom. The van der Waals surface area contributed by atoms with Gasteiger partial charge in [-0.3, -0.25) is 18.6 Å². The lowest BCUT2D eigenvalue weighted by atomic mass is 10.1. The molecule has 0 aromatic carbocycles. The lowest BCUT2D eigenvalue weighted by Crippen LogP contribution is -2.34. The second-order valence-electron chi connectivity index (χ2n) is 13.4. The number of hydrogen-bond donors (Lipinski definition) is 3. The van der Waals surface area contributed by atoms with Crippen molar-refractivity contribution in [2.75, 3.05) is 26.4 Å². The summed E-state index contributed by atoms with van der Waals surface area (Å²) in [6.07, 6.45) is 41.6. The van der Waals surface area contributed by atoms with Gasteiger partial charge in [0.2, 0.25) is 0 Å². The SMILES string of the molecule is CCC/C=C\C/C=C\CCCCCCCCOCC(COP(=O)(O)OCC(N)C(=O)O)OC(=O)CCCCCCC/C=C\C/C=C\CCCCCC. The summed E-state index contributed by atoms with van der Waals surface area (Å²) >= 11 is 0. The fourth-order valence-corrected chi connectivity index (χ4v) is 5.92. The third-order valence-electron chi connectivity index (χ3n) is 8.31. The molecule has 0 aliphatic rings. The Morgan fingerprint density at radius 1 is 0.615 bits per heavy atom. The molecule has 0 aliphatic heterocycles. The summed E-state index contributed by atoms with van der Waals surface area (Å²) in [6, 6.07) is -1.48. The number of carbonyl (C=O) groups is 2. The first-order valence-electron chi connectivity index (χ1n) is 20.2. The summed E-state index contributed by atoms with van der Waals surface area (Å²) in [7, 11) is -4.62. The van der Waals surface area contributed by atoms with Crippen molar-refractivity contribution < 1.29 is 42.7 Å². The topological polar surface area (TPSA) is 155 Å². The molecule has 0 bridgehead atoms. The molecule has 0 aromatic rings. The number of hydrogen-bond acceptors (Lipinski definition) is 8. The Labute approximate surface area is 316 Å². The van der Waals surface area contributed by atoms with Crippen molar-refractivity contribution in [1.29, 1.82) is 0 Å². The highest BCUT2D eigenvalue weighted by atomic mass is 31.2. The molecule has 302 valence electrons. The zero-order valence-corrected chi connectivity index (χ0v) is 33.5. The molecule has 0 fully saturated rings. The van der Waals surface area contributed by atoms with Crippen molar-refractivity contribution in [3.8, 4) is 0 Å². The van der Waals surface area contributed by atoms with Crippen LogP contribution in [0.4, 0.5) is 0 Å². The zero-order valence-electron chi connectivity index (χ0n) is 32.6. The van der Waals surface area contributed by atoms with Gasteiger partial charge >= 0.3 is 19.8 Å². The van der Waals surface area contributed by atoms with E-state index >= 15 is 0 Å². The van der Waals surface area contributed by atoms with Crippen molar-refractivity contribution in [2.24, 2.45) is 5.73 Å². The van der Waals surface area contributed by atoms with Gasteiger partial charge in [-0.2, -0.15) is 0 Å². The number of nitrogens with two attached hydrogens (primary N) is 1. The summed E-state index contributed by atoms with van der Waals surface area (Å²) in [5.41, 5.74) is 5.34. The van der Waals surface area contributed by atoms with E-state index in [1.807, 2.05) is 0 Å². The molecule has 0 aromatic heterocycles. The molecule has 0 saturated carbocycles. The Balaban J connectivity index is 4.33. The third kappa shape index (κ3) is 36.3. The zero-order chi connectivity index (χ0) is 38.4. The number of unbranched alkanes of at least 4 members (excludes halogenated alkanes) is 16. The van der Waals surface area contributed by atoms with Gasteiger partial charge in [-0.1, -0.05) is 133 Å². The first-order chi connectivity index (χ1) is 25.2. The molecule has 0 radical (unpaired) electrons. The van der Waals surface area contributed by atoms with Gasteiger partial charge in [-0.25, -0.2) is 4.57 Å². The number of aliphatic carboxylic acids is 1. The monoisotopic (exact) mass is 756 g/mol. The van der Waals surface area contributed by atoms with E-state index < -0.39 is 45.1 Å². The molecule has 52 heavy (non-hydrogen) atoms. The average Bonchev–Trinajstić information content (AvgIpc) is 3.12. The van der Waals surface area contributed by atoms with Crippen molar-refractivity contribution in [2.45, 2.75) is 174 Å². The Kier molecular flexibility index (Phi) is 35.8. The number of ether oxygens (including phenoxy) is 2. The molecular formula is C41H74NO9P. The molecule has 11 heteroatoms. The summed E-state index contributed by atoms with van der Waals surface area (Å²) in [6.45, 7) is 3.74. The third-order valence-corrected chi connectivity index (χ3v) is 9.26. The molecule has 4 N–H and O–H groups in total. The maximum absolute atomic E-state index is 12.6. The van der Waals surface area contributed by atoms with E-state index in [9.17, 15) is 19.0 Å². The summed E-state index contributed by atoms with van der Waals surface area (Å²) in [5.74, 6) is -1.80. The highest BCUT2D eigenvalue weighted by Gasteiger charge is 2.27. The van der Waals surface area contributed by atoms with Crippen LogP contribution < -0.4 is 5.73 Å². The van der Waals surface area contributed by atoms with Crippen molar-refractivity contribution in [1.82, 2.24) is 0 Å². The van der Waals surface area contributed by atoms with E-state index in [1.165, 1.54) is 57.8 Å². The van der Waals surface area contributed by atoms with Crippen molar-refractivity contribution in [3.63, 3.8) is 0 Å². The van der Waals surface area contributed by atoms with Crippen LogP contribution in [-0.4, -0.2) is 60.5 Å². The molecule has 0 amide bonds. The van der Waals surface area contributed by atoms with E-state index in [4.69, 9.17) is 29.4 Å². The van der Waals surface area contributed by atoms with Crippen molar-refractivity contribution >= 4 is 19.8 Å². The highest BCUT2D eigenvalue weighted by molar-refractivity contribution is 7.47. The van der Waals surface area contributed by atoms with Crippen LogP contribution >= 0.6 is 7.82 Å². The highest BCUT2D eigenvalue weighted by Crippen LogP contribution is 2.43. The molecule has 10 nitrogen and oxygen atoms in total. The fourth-order valence-electron chi connectivity index (χ4n) is 5.14. The lowest BCUT2D eigenvalue weighted by Gasteiger charge is -2.20.